The number of aromatic nitrogens is 2. The summed E-state index contributed by atoms with van der Waals surface area (Å²) in [6.45, 7) is 3.19. The molecule has 1 fully saturated rings. The summed E-state index contributed by atoms with van der Waals surface area (Å²) in [7, 11) is 0. The van der Waals surface area contributed by atoms with E-state index in [4.69, 9.17) is 14.0 Å². The van der Waals surface area contributed by atoms with Crippen molar-refractivity contribution in [1.29, 1.82) is 0 Å². The van der Waals surface area contributed by atoms with Crippen molar-refractivity contribution < 1.29 is 18.8 Å². The zero-order valence-electron chi connectivity index (χ0n) is 12.9. The van der Waals surface area contributed by atoms with Gasteiger partial charge in [-0.05, 0) is 25.5 Å². The van der Waals surface area contributed by atoms with Gasteiger partial charge in [-0.2, -0.15) is 0 Å². The predicted molar refractivity (Wildman–Crippen MR) is 80.7 cm³/mol. The van der Waals surface area contributed by atoms with Crippen LogP contribution < -0.4 is 5.32 Å². The number of ether oxygens (including phenoxy) is 2. The molecule has 0 saturated carbocycles. The van der Waals surface area contributed by atoms with Gasteiger partial charge < -0.3 is 19.3 Å². The van der Waals surface area contributed by atoms with Crippen LogP contribution in [0, 0.1) is 6.92 Å². The zero-order valence-corrected chi connectivity index (χ0v) is 12.9. The van der Waals surface area contributed by atoms with Gasteiger partial charge in [0, 0.05) is 18.9 Å². The van der Waals surface area contributed by atoms with Gasteiger partial charge in [-0.25, -0.2) is 0 Å². The number of aryl methyl sites for hydroxylation is 1. The van der Waals surface area contributed by atoms with Gasteiger partial charge >= 0.3 is 0 Å². The van der Waals surface area contributed by atoms with Crippen LogP contribution in [0.3, 0.4) is 0 Å². The maximum atomic E-state index is 12.2. The lowest BCUT2D eigenvalue weighted by Crippen LogP contribution is -2.50. The van der Waals surface area contributed by atoms with E-state index in [1.807, 2.05) is 18.2 Å². The largest absolute Gasteiger partial charge is 0.379 e. The summed E-state index contributed by atoms with van der Waals surface area (Å²) in [6, 6.07) is 7.06. The molecule has 0 aliphatic carbocycles. The molecule has 0 aromatic carbocycles. The van der Waals surface area contributed by atoms with Crippen LogP contribution in [-0.4, -0.2) is 41.4 Å². The van der Waals surface area contributed by atoms with E-state index >= 15 is 0 Å². The van der Waals surface area contributed by atoms with Crippen LogP contribution in [0.4, 0.5) is 0 Å². The van der Waals surface area contributed by atoms with E-state index in [0.29, 0.717) is 31.9 Å². The Kier molecular flexibility index (Phi) is 4.99. The van der Waals surface area contributed by atoms with Gasteiger partial charge in [0.25, 0.3) is 5.91 Å². The highest BCUT2D eigenvalue weighted by atomic mass is 16.5. The highest BCUT2D eigenvalue weighted by Gasteiger charge is 2.29. The molecule has 122 valence electrons. The number of carbonyl (C=O) groups excluding carboxylic acids is 1. The molecule has 7 nitrogen and oxygen atoms in total. The summed E-state index contributed by atoms with van der Waals surface area (Å²) >= 11 is 0. The Morgan fingerprint density at radius 3 is 3.13 bits per heavy atom. The maximum Gasteiger partial charge on any atom is 0.290 e. The number of hydrogen-bond acceptors (Lipinski definition) is 6. The Labute approximate surface area is 134 Å². The first-order valence-corrected chi connectivity index (χ1v) is 7.56. The predicted octanol–water partition coefficient (Wildman–Crippen LogP) is 1.48. The quantitative estimate of drug-likeness (QED) is 0.899. The van der Waals surface area contributed by atoms with Crippen molar-refractivity contribution in [3.8, 4) is 0 Å². The van der Waals surface area contributed by atoms with E-state index in [0.717, 1.165) is 5.69 Å². The zero-order chi connectivity index (χ0) is 16.1. The highest BCUT2D eigenvalue weighted by molar-refractivity contribution is 5.91. The Hall–Kier alpha value is -2.25. The summed E-state index contributed by atoms with van der Waals surface area (Å²) in [5.74, 6) is -0.121. The van der Waals surface area contributed by atoms with E-state index in [9.17, 15) is 4.79 Å². The molecule has 7 heteroatoms. The van der Waals surface area contributed by atoms with E-state index in [-0.39, 0.29) is 23.8 Å². The van der Waals surface area contributed by atoms with Crippen molar-refractivity contribution in [3.05, 3.63) is 47.6 Å². The van der Waals surface area contributed by atoms with Gasteiger partial charge in [0.1, 0.15) is 0 Å². The molecule has 0 unspecified atom stereocenters. The molecule has 1 saturated heterocycles. The molecule has 1 amide bonds. The molecule has 2 aromatic heterocycles. The van der Waals surface area contributed by atoms with Crippen molar-refractivity contribution in [2.24, 2.45) is 0 Å². The third-order valence-corrected chi connectivity index (χ3v) is 3.63. The molecule has 1 aliphatic heterocycles. The average molecular weight is 317 g/mol. The first-order valence-electron chi connectivity index (χ1n) is 7.56. The van der Waals surface area contributed by atoms with Crippen molar-refractivity contribution in [2.75, 3.05) is 13.2 Å². The van der Waals surface area contributed by atoms with Crippen LogP contribution in [0.1, 0.15) is 28.4 Å². The number of rotatable bonds is 5. The summed E-state index contributed by atoms with van der Waals surface area (Å²) in [5.41, 5.74) is 1.52. The van der Waals surface area contributed by atoms with Crippen molar-refractivity contribution in [3.63, 3.8) is 0 Å². The average Bonchev–Trinajstić information content (AvgIpc) is 3.02. The van der Waals surface area contributed by atoms with Gasteiger partial charge in [-0.15, -0.1) is 0 Å². The SMILES string of the molecule is Cc1cc(C(=O)N[C@@H]2COCC[C@H]2OCc2ccccn2)on1. The van der Waals surface area contributed by atoms with E-state index in [1.54, 1.807) is 19.2 Å². The number of pyridine rings is 1. The molecule has 3 heterocycles. The van der Waals surface area contributed by atoms with Crippen LogP contribution >= 0.6 is 0 Å². The minimum Gasteiger partial charge on any atom is -0.379 e. The number of nitrogens with one attached hydrogen (secondary N) is 1. The van der Waals surface area contributed by atoms with Crippen LogP contribution in [0.15, 0.2) is 35.0 Å². The van der Waals surface area contributed by atoms with Crippen molar-refractivity contribution in [2.45, 2.75) is 32.1 Å². The Bertz CT molecular complexity index is 644. The first kappa shape index (κ1) is 15.6. The number of amides is 1. The summed E-state index contributed by atoms with van der Waals surface area (Å²) < 4.78 is 16.3. The fourth-order valence-corrected chi connectivity index (χ4v) is 2.44. The molecule has 3 rings (SSSR count). The molecular formula is C16H19N3O4. The first-order chi connectivity index (χ1) is 11.2. The monoisotopic (exact) mass is 317 g/mol. The summed E-state index contributed by atoms with van der Waals surface area (Å²) in [5, 5.41) is 6.61. The van der Waals surface area contributed by atoms with Crippen LogP contribution in [0.2, 0.25) is 0 Å². The molecule has 1 N–H and O–H groups in total. The third kappa shape index (κ3) is 4.14. The lowest BCUT2D eigenvalue weighted by molar-refractivity contribution is -0.0614. The Morgan fingerprint density at radius 2 is 2.39 bits per heavy atom. The van der Waals surface area contributed by atoms with E-state index in [1.165, 1.54) is 0 Å². The second-order valence-electron chi connectivity index (χ2n) is 5.45. The third-order valence-electron chi connectivity index (χ3n) is 3.63. The molecule has 0 radical (unpaired) electrons. The Balaban J connectivity index is 1.58. The molecular weight excluding hydrogens is 298 g/mol. The topological polar surface area (TPSA) is 86.5 Å². The maximum absolute atomic E-state index is 12.2. The molecule has 1 aliphatic rings. The smallest absolute Gasteiger partial charge is 0.290 e. The fourth-order valence-electron chi connectivity index (χ4n) is 2.44. The lowest BCUT2D eigenvalue weighted by Gasteiger charge is -2.31. The van der Waals surface area contributed by atoms with Crippen LogP contribution in [0.25, 0.3) is 0 Å². The summed E-state index contributed by atoms with van der Waals surface area (Å²) in [4.78, 5) is 16.4. The fraction of sp³-hybridized carbons (Fsp3) is 0.438. The van der Waals surface area contributed by atoms with Crippen LogP contribution in [-0.2, 0) is 16.1 Å². The number of hydrogen-bond donors (Lipinski definition) is 1. The van der Waals surface area contributed by atoms with E-state index in [2.05, 4.69) is 15.5 Å². The van der Waals surface area contributed by atoms with Crippen molar-refractivity contribution in [1.82, 2.24) is 15.5 Å². The minimum absolute atomic E-state index is 0.126. The lowest BCUT2D eigenvalue weighted by atomic mass is 10.1. The van der Waals surface area contributed by atoms with Gasteiger partial charge in [0.15, 0.2) is 0 Å². The number of nitrogens with zero attached hydrogens (tertiary/aromatic N) is 2. The Morgan fingerprint density at radius 1 is 1.48 bits per heavy atom. The van der Waals surface area contributed by atoms with Gasteiger partial charge in [0.05, 0.1) is 36.7 Å². The van der Waals surface area contributed by atoms with E-state index < -0.39 is 0 Å². The molecule has 23 heavy (non-hydrogen) atoms. The standard InChI is InChI=1S/C16H19N3O4/c1-11-8-15(23-19-11)16(20)18-13-10-21-7-5-14(13)22-9-12-4-2-3-6-17-12/h2-4,6,8,13-14H,5,7,9-10H2,1H3,(H,18,20)/t13-,14-/m1/s1. The van der Waals surface area contributed by atoms with Gasteiger partial charge in [0.2, 0.25) is 5.76 Å². The molecule has 0 bridgehead atoms. The second kappa shape index (κ2) is 7.34. The number of carbonyl (C=O) groups is 1. The molecule has 0 spiro atoms. The van der Waals surface area contributed by atoms with Gasteiger partial charge in [-0.1, -0.05) is 11.2 Å². The second-order valence-corrected chi connectivity index (χ2v) is 5.45. The minimum atomic E-state index is -0.312. The summed E-state index contributed by atoms with van der Waals surface area (Å²) in [6.07, 6.45) is 2.32. The normalized spacial score (nSPS) is 21.1. The molecule has 2 atom stereocenters. The van der Waals surface area contributed by atoms with Crippen molar-refractivity contribution >= 4 is 5.91 Å². The van der Waals surface area contributed by atoms with Gasteiger partial charge in [-0.3, -0.25) is 9.78 Å². The molecule has 2 aromatic rings. The highest BCUT2D eigenvalue weighted by Crippen LogP contribution is 2.15. The van der Waals surface area contributed by atoms with Crippen LogP contribution in [0.5, 0.6) is 0 Å².